The molecule has 26 heavy (non-hydrogen) atoms. The number of benzene rings is 2. The summed E-state index contributed by atoms with van der Waals surface area (Å²) in [6.45, 7) is -3.40. The van der Waals surface area contributed by atoms with Crippen LogP contribution >= 0.6 is 14.5 Å². The molecular weight excluding hydrogens is 366 g/mol. The molecule has 0 aliphatic carbocycles. The number of amides is 4. The summed E-state index contributed by atoms with van der Waals surface area (Å²) in [5, 5.41) is 2.13. The van der Waals surface area contributed by atoms with Gasteiger partial charge in [0.15, 0.2) is 0 Å². The molecule has 1 unspecified atom stereocenters. The van der Waals surface area contributed by atoms with Crippen LogP contribution in [0.5, 0.6) is 0 Å². The number of hydrogen-bond donors (Lipinski definition) is 0. The standard InChI is InChI=1S/C18H22N4O2P2/c1-19-17(23)20(2)26(16-13-9-6-10-14-16,21(3)18(24)22(26)4)25(19)15-11-7-5-8-12-15/h5-14H,1-4H3. The molecule has 0 N–H and O–H groups in total. The monoisotopic (exact) mass is 388 g/mol. The first kappa shape index (κ1) is 17.3. The third-order valence-corrected chi connectivity index (χ3v) is 19.5. The Morgan fingerprint density at radius 1 is 0.692 bits per heavy atom. The first-order valence-electron chi connectivity index (χ1n) is 8.36. The van der Waals surface area contributed by atoms with Crippen molar-refractivity contribution in [2.24, 2.45) is 0 Å². The Bertz CT molecular complexity index is 881. The molecule has 2 aliphatic rings. The van der Waals surface area contributed by atoms with E-state index in [2.05, 4.69) is 24.3 Å². The molecule has 0 aromatic heterocycles. The summed E-state index contributed by atoms with van der Waals surface area (Å²) in [4.78, 5) is 26.0. The normalized spacial score (nSPS) is 25.2. The second-order valence-electron chi connectivity index (χ2n) is 6.56. The van der Waals surface area contributed by atoms with E-state index in [0.29, 0.717) is 0 Å². The van der Waals surface area contributed by atoms with Crippen molar-refractivity contribution in [3.63, 3.8) is 0 Å². The van der Waals surface area contributed by atoms with E-state index in [4.69, 9.17) is 0 Å². The van der Waals surface area contributed by atoms with Crippen LogP contribution in [0.1, 0.15) is 0 Å². The Balaban J connectivity index is 2.13. The van der Waals surface area contributed by atoms with Gasteiger partial charge in [-0.25, -0.2) is 0 Å². The van der Waals surface area contributed by atoms with E-state index >= 15 is 0 Å². The fraction of sp³-hybridized carbons (Fsp3) is 0.222. The number of rotatable bonds is 2. The topological polar surface area (TPSA) is 47.1 Å². The summed E-state index contributed by atoms with van der Waals surface area (Å²) in [6.07, 6.45) is 0. The van der Waals surface area contributed by atoms with Crippen LogP contribution in [0.3, 0.4) is 0 Å². The fourth-order valence-corrected chi connectivity index (χ4v) is 19.1. The summed E-state index contributed by atoms with van der Waals surface area (Å²) < 4.78 is 7.39. The van der Waals surface area contributed by atoms with Gasteiger partial charge in [0, 0.05) is 0 Å². The quantitative estimate of drug-likeness (QED) is 0.742. The van der Waals surface area contributed by atoms with Crippen molar-refractivity contribution in [1.29, 1.82) is 0 Å². The average molecular weight is 388 g/mol. The zero-order valence-corrected chi connectivity index (χ0v) is 17.1. The number of carbonyl (C=O) groups is 2. The van der Waals surface area contributed by atoms with Crippen molar-refractivity contribution in [3.05, 3.63) is 60.7 Å². The van der Waals surface area contributed by atoms with Crippen molar-refractivity contribution >= 4 is 37.2 Å². The van der Waals surface area contributed by atoms with E-state index in [-0.39, 0.29) is 12.1 Å². The van der Waals surface area contributed by atoms with Gasteiger partial charge in [0.25, 0.3) is 0 Å². The number of urea groups is 2. The summed E-state index contributed by atoms with van der Waals surface area (Å²) >= 11 is 0. The van der Waals surface area contributed by atoms with Crippen LogP contribution < -0.4 is 10.6 Å². The van der Waals surface area contributed by atoms with Crippen LogP contribution in [0, 0.1) is 0 Å². The van der Waals surface area contributed by atoms with Gasteiger partial charge in [0.05, 0.1) is 0 Å². The van der Waals surface area contributed by atoms with Gasteiger partial charge in [-0.15, -0.1) is 0 Å². The van der Waals surface area contributed by atoms with Crippen LogP contribution in [-0.2, 0) is 0 Å². The molecule has 2 aliphatic heterocycles. The maximum atomic E-state index is 13.2. The van der Waals surface area contributed by atoms with Crippen molar-refractivity contribution < 1.29 is 9.59 Å². The molecule has 2 heterocycles. The van der Waals surface area contributed by atoms with Gasteiger partial charge in [0.1, 0.15) is 0 Å². The van der Waals surface area contributed by atoms with E-state index < -0.39 is 14.5 Å². The SMILES string of the molecule is CN1C(=O)N(C)P2(c3ccccc3)(N(C)C(=O)N2C)P1c1ccccc1. The Morgan fingerprint density at radius 2 is 1.15 bits per heavy atom. The molecule has 2 aromatic carbocycles. The van der Waals surface area contributed by atoms with Crippen LogP contribution in [0.15, 0.2) is 60.7 Å². The third-order valence-electron chi connectivity index (χ3n) is 5.60. The van der Waals surface area contributed by atoms with E-state index in [0.717, 1.165) is 10.6 Å². The van der Waals surface area contributed by atoms with Gasteiger partial charge in [-0.1, -0.05) is 0 Å². The first-order valence-corrected chi connectivity index (χ1v) is 12.5. The summed E-state index contributed by atoms with van der Waals surface area (Å²) in [5.41, 5.74) is 0. The molecule has 0 radical (unpaired) electrons. The second-order valence-corrected chi connectivity index (χ2v) is 15.8. The molecule has 2 fully saturated rings. The van der Waals surface area contributed by atoms with Crippen molar-refractivity contribution in [2.75, 3.05) is 28.2 Å². The summed E-state index contributed by atoms with van der Waals surface area (Å²) in [5.74, 6) is 0. The Hall–Kier alpha value is -2.16. The molecule has 6 nitrogen and oxygen atoms in total. The molecule has 4 amide bonds. The van der Waals surface area contributed by atoms with Crippen molar-refractivity contribution in [2.45, 2.75) is 0 Å². The van der Waals surface area contributed by atoms with Gasteiger partial charge in [0.2, 0.25) is 0 Å². The van der Waals surface area contributed by atoms with Gasteiger partial charge in [-0.3, -0.25) is 0 Å². The van der Waals surface area contributed by atoms with E-state index in [1.54, 1.807) is 0 Å². The molecule has 4 rings (SSSR count). The Kier molecular flexibility index (Phi) is 3.60. The summed E-state index contributed by atoms with van der Waals surface area (Å²) in [6, 6.07) is 20.0. The predicted octanol–water partition coefficient (Wildman–Crippen LogP) is 3.24. The Morgan fingerprint density at radius 3 is 1.69 bits per heavy atom. The third kappa shape index (κ3) is 1.57. The molecule has 1 spiro atoms. The van der Waals surface area contributed by atoms with Gasteiger partial charge in [-0.2, -0.15) is 0 Å². The van der Waals surface area contributed by atoms with Crippen LogP contribution in [0.2, 0.25) is 0 Å². The summed E-state index contributed by atoms with van der Waals surface area (Å²) in [7, 11) is 6.24. The molecule has 1 atom stereocenters. The van der Waals surface area contributed by atoms with Crippen LogP contribution in [0.4, 0.5) is 9.59 Å². The Labute approximate surface area is 154 Å². The molecular formula is C18H22N4O2P2. The molecule has 0 saturated carbocycles. The molecule has 2 saturated heterocycles. The van der Waals surface area contributed by atoms with Crippen LogP contribution in [-0.4, -0.2) is 58.9 Å². The zero-order chi connectivity index (χ0) is 18.7. The number of hydrogen-bond acceptors (Lipinski definition) is 2. The number of carbonyl (C=O) groups excluding carboxylic acids is 2. The average Bonchev–Trinajstić information content (AvgIpc) is 2.88. The number of nitrogens with zero attached hydrogens (tertiary/aromatic N) is 4. The van der Waals surface area contributed by atoms with E-state index in [1.165, 1.54) is 0 Å². The minimum absolute atomic E-state index is 0.0484. The van der Waals surface area contributed by atoms with E-state index in [9.17, 15) is 9.59 Å². The fourth-order valence-electron chi connectivity index (χ4n) is 4.44. The zero-order valence-electron chi connectivity index (χ0n) is 15.3. The van der Waals surface area contributed by atoms with Gasteiger partial charge >= 0.3 is 154 Å². The first-order chi connectivity index (χ1) is 12.4. The van der Waals surface area contributed by atoms with Crippen molar-refractivity contribution in [3.8, 4) is 0 Å². The van der Waals surface area contributed by atoms with E-state index in [1.807, 2.05) is 83.3 Å². The predicted molar refractivity (Wildman–Crippen MR) is 108 cm³/mol. The molecule has 8 heteroatoms. The minimum atomic E-state index is -3.40. The second kappa shape index (κ2) is 5.42. The van der Waals surface area contributed by atoms with Crippen molar-refractivity contribution in [1.82, 2.24) is 18.7 Å². The van der Waals surface area contributed by atoms with Gasteiger partial charge < -0.3 is 0 Å². The molecule has 2 aromatic rings. The van der Waals surface area contributed by atoms with Crippen LogP contribution in [0.25, 0.3) is 0 Å². The van der Waals surface area contributed by atoms with Gasteiger partial charge in [-0.05, 0) is 0 Å². The molecule has 136 valence electrons. The maximum absolute atomic E-state index is 13.2. The molecule has 0 bridgehead atoms.